The number of aromatic nitrogens is 2. The number of aryl methyl sites for hydroxylation is 1. The molecule has 3 nitrogen and oxygen atoms in total. The maximum absolute atomic E-state index is 4.31. The van der Waals surface area contributed by atoms with E-state index in [2.05, 4.69) is 30.5 Å². The molecule has 0 aromatic carbocycles. The Kier molecular flexibility index (Phi) is 3.99. The normalized spacial score (nSPS) is 18.4. The Morgan fingerprint density at radius 3 is 2.94 bits per heavy atom. The van der Waals surface area contributed by atoms with Gasteiger partial charge in [-0.3, -0.25) is 4.68 Å². The monoisotopic (exact) mass is 221 g/mol. The topological polar surface area (TPSA) is 29.9 Å². The SMILES string of the molecule is CCn1cc(CC(C)CNC2CCC2)cn1. The molecule has 1 aliphatic rings. The maximum Gasteiger partial charge on any atom is 0.0521 e. The van der Waals surface area contributed by atoms with Gasteiger partial charge in [0.2, 0.25) is 0 Å². The molecule has 0 bridgehead atoms. The average Bonchev–Trinajstić information content (AvgIpc) is 2.63. The van der Waals surface area contributed by atoms with E-state index in [-0.39, 0.29) is 0 Å². The van der Waals surface area contributed by atoms with Crippen molar-refractivity contribution in [3.05, 3.63) is 18.0 Å². The lowest BCUT2D eigenvalue weighted by molar-refractivity contribution is 0.320. The van der Waals surface area contributed by atoms with Crippen LogP contribution in [0.5, 0.6) is 0 Å². The zero-order valence-corrected chi connectivity index (χ0v) is 10.4. The highest BCUT2D eigenvalue weighted by Gasteiger charge is 2.17. The van der Waals surface area contributed by atoms with Gasteiger partial charge >= 0.3 is 0 Å². The Morgan fingerprint density at radius 2 is 2.38 bits per heavy atom. The second kappa shape index (κ2) is 5.48. The maximum atomic E-state index is 4.31. The summed E-state index contributed by atoms with van der Waals surface area (Å²) in [6.07, 6.45) is 9.47. The van der Waals surface area contributed by atoms with Crippen LogP contribution >= 0.6 is 0 Å². The Labute approximate surface area is 98.2 Å². The molecule has 1 aliphatic carbocycles. The number of hydrogen-bond donors (Lipinski definition) is 1. The number of nitrogens with zero attached hydrogens (tertiary/aromatic N) is 2. The van der Waals surface area contributed by atoms with Gasteiger partial charge in [-0.2, -0.15) is 5.10 Å². The molecule has 1 atom stereocenters. The van der Waals surface area contributed by atoms with Crippen molar-refractivity contribution in [2.24, 2.45) is 5.92 Å². The summed E-state index contributed by atoms with van der Waals surface area (Å²) < 4.78 is 2.00. The fourth-order valence-corrected chi connectivity index (χ4v) is 2.14. The molecule has 0 amide bonds. The Balaban J connectivity index is 1.70. The van der Waals surface area contributed by atoms with Crippen LogP contribution in [0.3, 0.4) is 0 Å². The lowest BCUT2D eigenvalue weighted by Crippen LogP contribution is -2.38. The number of rotatable bonds is 6. The van der Waals surface area contributed by atoms with Crippen molar-refractivity contribution < 1.29 is 0 Å². The van der Waals surface area contributed by atoms with Gasteiger partial charge < -0.3 is 5.32 Å². The van der Waals surface area contributed by atoms with Crippen LogP contribution < -0.4 is 5.32 Å². The van der Waals surface area contributed by atoms with Crippen molar-refractivity contribution in [1.82, 2.24) is 15.1 Å². The third-order valence-electron chi connectivity index (χ3n) is 3.46. The molecule has 1 unspecified atom stereocenters. The molecular formula is C13H23N3. The first-order chi connectivity index (χ1) is 7.78. The van der Waals surface area contributed by atoms with E-state index in [4.69, 9.17) is 0 Å². The summed E-state index contributed by atoms with van der Waals surface area (Å²) in [4.78, 5) is 0. The van der Waals surface area contributed by atoms with Crippen molar-refractivity contribution in [3.63, 3.8) is 0 Å². The fraction of sp³-hybridized carbons (Fsp3) is 0.769. The molecule has 0 spiro atoms. The molecule has 1 heterocycles. The first kappa shape index (κ1) is 11.6. The van der Waals surface area contributed by atoms with Gasteiger partial charge in [-0.15, -0.1) is 0 Å². The van der Waals surface area contributed by atoms with Crippen LogP contribution in [0.4, 0.5) is 0 Å². The molecule has 16 heavy (non-hydrogen) atoms. The molecule has 1 N–H and O–H groups in total. The van der Waals surface area contributed by atoms with Gasteiger partial charge in [-0.05, 0) is 44.2 Å². The summed E-state index contributed by atoms with van der Waals surface area (Å²) in [7, 11) is 0. The van der Waals surface area contributed by atoms with Crippen molar-refractivity contribution in [3.8, 4) is 0 Å². The van der Waals surface area contributed by atoms with E-state index in [1.54, 1.807) is 0 Å². The first-order valence-corrected chi connectivity index (χ1v) is 6.52. The summed E-state index contributed by atoms with van der Waals surface area (Å²) in [5.74, 6) is 0.704. The van der Waals surface area contributed by atoms with E-state index in [0.717, 1.165) is 25.6 Å². The van der Waals surface area contributed by atoms with E-state index >= 15 is 0 Å². The Morgan fingerprint density at radius 1 is 1.56 bits per heavy atom. The molecule has 2 rings (SSSR count). The predicted octanol–water partition coefficient (Wildman–Crippen LogP) is 2.22. The quantitative estimate of drug-likeness (QED) is 0.798. The minimum atomic E-state index is 0.704. The Hall–Kier alpha value is -0.830. The third-order valence-corrected chi connectivity index (χ3v) is 3.46. The van der Waals surface area contributed by atoms with Gasteiger partial charge in [0.1, 0.15) is 0 Å². The second-order valence-corrected chi connectivity index (χ2v) is 5.05. The van der Waals surface area contributed by atoms with Crippen molar-refractivity contribution in [2.75, 3.05) is 6.54 Å². The van der Waals surface area contributed by atoms with E-state index in [1.807, 2.05) is 10.9 Å². The van der Waals surface area contributed by atoms with Gasteiger partial charge in [0.15, 0.2) is 0 Å². The molecule has 1 fully saturated rings. The van der Waals surface area contributed by atoms with Crippen LogP contribution in [0.2, 0.25) is 0 Å². The second-order valence-electron chi connectivity index (χ2n) is 5.05. The molecule has 90 valence electrons. The zero-order chi connectivity index (χ0) is 11.4. The third kappa shape index (κ3) is 3.08. The van der Waals surface area contributed by atoms with Crippen molar-refractivity contribution >= 4 is 0 Å². The standard InChI is InChI=1S/C13H23N3/c1-3-16-10-12(9-15-16)7-11(2)8-14-13-5-4-6-13/h9-11,13-14H,3-8H2,1-2H3. The fourth-order valence-electron chi connectivity index (χ4n) is 2.14. The summed E-state index contributed by atoms with van der Waals surface area (Å²) >= 11 is 0. The van der Waals surface area contributed by atoms with Crippen molar-refractivity contribution in [1.29, 1.82) is 0 Å². The molecule has 1 saturated carbocycles. The van der Waals surface area contributed by atoms with Crippen LogP contribution in [0.1, 0.15) is 38.7 Å². The summed E-state index contributed by atoms with van der Waals surface area (Å²) in [6.45, 7) is 6.55. The smallest absolute Gasteiger partial charge is 0.0521 e. The van der Waals surface area contributed by atoms with Gasteiger partial charge in [-0.25, -0.2) is 0 Å². The van der Waals surface area contributed by atoms with Crippen LogP contribution in [0, 0.1) is 5.92 Å². The van der Waals surface area contributed by atoms with Crippen LogP contribution in [-0.4, -0.2) is 22.4 Å². The van der Waals surface area contributed by atoms with E-state index in [0.29, 0.717) is 5.92 Å². The number of hydrogen-bond acceptors (Lipinski definition) is 2. The van der Waals surface area contributed by atoms with Crippen molar-refractivity contribution in [2.45, 2.75) is 52.1 Å². The summed E-state index contributed by atoms with van der Waals surface area (Å²) in [5, 5.41) is 7.94. The van der Waals surface area contributed by atoms with E-state index in [1.165, 1.54) is 24.8 Å². The van der Waals surface area contributed by atoms with Crippen LogP contribution in [0.25, 0.3) is 0 Å². The van der Waals surface area contributed by atoms with Gasteiger partial charge in [-0.1, -0.05) is 13.3 Å². The minimum absolute atomic E-state index is 0.704. The van der Waals surface area contributed by atoms with E-state index < -0.39 is 0 Å². The van der Waals surface area contributed by atoms with Gasteiger partial charge in [0.05, 0.1) is 6.20 Å². The molecule has 0 saturated heterocycles. The minimum Gasteiger partial charge on any atom is -0.314 e. The average molecular weight is 221 g/mol. The lowest BCUT2D eigenvalue weighted by atomic mass is 9.92. The van der Waals surface area contributed by atoms with Gasteiger partial charge in [0, 0.05) is 18.8 Å². The predicted molar refractivity (Wildman–Crippen MR) is 66.4 cm³/mol. The highest BCUT2D eigenvalue weighted by Crippen LogP contribution is 2.18. The summed E-state index contributed by atoms with van der Waals surface area (Å²) in [5.41, 5.74) is 1.37. The Bertz CT molecular complexity index is 315. The number of nitrogens with one attached hydrogen (secondary N) is 1. The van der Waals surface area contributed by atoms with Crippen LogP contribution in [-0.2, 0) is 13.0 Å². The largest absolute Gasteiger partial charge is 0.314 e. The van der Waals surface area contributed by atoms with E-state index in [9.17, 15) is 0 Å². The summed E-state index contributed by atoms with van der Waals surface area (Å²) in [6, 6.07) is 0.806. The first-order valence-electron chi connectivity index (χ1n) is 6.52. The highest BCUT2D eigenvalue weighted by atomic mass is 15.3. The van der Waals surface area contributed by atoms with Gasteiger partial charge in [0.25, 0.3) is 0 Å². The molecule has 3 heteroatoms. The highest BCUT2D eigenvalue weighted by molar-refractivity contribution is 5.04. The molecular weight excluding hydrogens is 198 g/mol. The molecule has 1 aromatic heterocycles. The molecule has 1 aromatic rings. The van der Waals surface area contributed by atoms with Crippen LogP contribution in [0.15, 0.2) is 12.4 Å². The zero-order valence-electron chi connectivity index (χ0n) is 10.4. The lowest BCUT2D eigenvalue weighted by Gasteiger charge is -2.28. The molecule has 0 radical (unpaired) electrons. The molecule has 0 aliphatic heterocycles.